The number of carbonyl (C=O) groups excluding carboxylic acids is 1. The fourth-order valence-electron chi connectivity index (χ4n) is 4.34. The van der Waals surface area contributed by atoms with Crippen LogP contribution in [0.3, 0.4) is 0 Å². The van der Waals surface area contributed by atoms with Crippen molar-refractivity contribution in [2.24, 2.45) is 0 Å². The van der Waals surface area contributed by atoms with Crippen LogP contribution in [0.25, 0.3) is 0 Å². The number of likely N-dealkylation sites (N-methyl/N-ethyl adjacent to an activating group) is 1. The Balaban J connectivity index is 0.00000400. The molecule has 0 radical (unpaired) electrons. The molecule has 1 atom stereocenters. The van der Waals surface area contributed by atoms with Crippen LogP contribution in [0.15, 0.2) is 36.7 Å². The molecule has 0 saturated heterocycles. The second kappa shape index (κ2) is 10.8. The summed E-state index contributed by atoms with van der Waals surface area (Å²) in [4.78, 5) is 33.4. The third-order valence-electron chi connectivity index (χ3n) is 6.42. The Morgan fingerprint density at radius 3 is 2.57 bits per heavy atom. The molecule has 3 N–H and O–H groups in total. The first-order valence-corrected chi connectivity index (χ1v) is 12.8. The molecule has 0 saturated carbocycles. The van der Waals surface area contributed by atoms with Crippen LogP contribution >= 0.6 is 0 Å². The molecular weight excluding hydrogens is 464 g/mol. The average molecular weight is 505 g/mol. The minimum atomic E-state index is -0.252. The van der Waals surface area contributed by atoms with E-state index in [9.17, 15) is 4.79 Å². The smallest absolute Gasteiger partial charge is 0.256 e. The molecule has 37 heavy (non-hydrogen) atoms. The summed E-state index contributed by atoms with van der Waals surface area (Å²) in [6, 6.07) is 8.75. The van der Waals surface area contributed by atoms with E-state index in [1.54, 1.807) is 18.5 Å². The van der Waals surface area contributed by atoms with Gasteiger partial charge in [0.2, 0.25) is 5.95 Å². The Bertz CT molecular complexity index is 1270. The van der Waals surface area contributed by atoms with Crippen molar-refractivity contribution in [3.05, 3.63) is 59.2 Å². The molecule has 0 fully saturated rings. The number of benzene rings is 1. The highest BCUT2D eigenvalue weighted by molar-refractivity contribution is 5.99. The lowest BCUT2D eigenvalue weighted by atomic mass is 9.87. The van der Waals surface area contributed by atoms with Gasteiger partial charge in [0.15, 0.2) is 0 Å². The predicted molar refractivity (Wildman–Crippen MR) is 150 cm³/mol. The Morgan fingerprint density at radius 2 is 1.86 bits per heavy atom. The molecule has 2 heterocycles. The maximum absolute atomic E-state index is 12.9. The van der Waals surface area contributed by atoms with Crippen molar-refractivity contribution in [2.75, 3.05) is 24.7 Å². The lowest BCUT2D eigenvalue weighted by Gasteiger charge is -2.30. The van der Waals surface area contributed by atoms with Gasteiger partial charge in [-0.05, 0) is 76.5 Å². The van der Waals surface area contributed by atoms with E-state index in [1.165, 1.54) is 11.1 Å². The van der Waals surface area contributed by atoms with E-state index in [4.69, 9.17) is 0 Å². The van der Waals surface area contributed by atoms with Crippen LogP contribution in [0.4, 0.5) is 23.3 Å². The highest BCUT2D eigenvalue weighted by atomic mass is 16.1. The summed E-state index contributed by atoms with van der Waals surface area (Å²) < 4.78 is 0. The molecule has 2 aromatic heterocycles. The van der Waals surface area contributed by atoms with E-state index in [0.717, 1.165) is 24.9 Å². The Hall–Kier alpha value is -3.59. The molecule has 1 aliphatic carbocycles. The van der Waals surface area contributed by atoms with Crippen LogP contribution in [-0.2, 0) is 18.3 Å². The van der Waals surface area contributed by atoms with Crippen LogP contribution in [0.5, 0.6) is 0 Å². The van der Waals surface area contributed by atoms with Gasteiger partial charge >= 0.3 is 0 Å². The average Bonchev–Trinajstić information content (AvgIpc) is 2.83. The Labute approximate surface area is 221 Å². The van der Waals surface area contributed by atoms with Gasteiger partial charge in [0.05, 0.1) is 0 Å². The summed E-state index contributed by atoms with van der Waals surface area (Å²) in [7, 11) is 4.29. The number of rotatable bonds is 7. The number of aryl methyl sites for hydroxylation is 1. The summed E-state index contributed by atoms with van der Waals surface area (Å²) >= 11 is 0. The van der Waals surface area contributed by atoms with E-state index in [2.05, 4.69) is 93.9 Å². The molecular formula is C28H40N8O. The van der Waals surface area contributed by atoms with Gasteiger partial charge in [-0.1, -0.05) is 26.8 Å². The molecule has 1 aromatic carbocycles. The highest BCUT2D eigenvalue weighted by Crippen LogP contribution is 2.28. The number of hydrogen-bond donors (Lipinski definition) is 3. The minimum Gasteiger partial charge on any atom is -0.350 e. The summed E-state index contributed by atoms with van der Waals surface area (Å²) in [6.07, 6.45) is 6.49. The molecule has 0 spiro atoms. The molecule has 1 aliphatic rings. The van der Waals surface area contributed by atoms with E-state index in [0.29, 0.717) is 35.0 Å². The van der Waals surface area contributed by atoms with Crippen LogP contribution in [-0.4, -0.2) is 56.9 Å². The summed E-state index contributed by atoms with van der Waals surface area (Å²) in [6.45, 7) is 10.00. The molecule has 198 valence electrons. The molecule has 3 aromatic rings. The molecule has 9 nitrogen and oxygen atoms in total. The van der Waals surface area contributed by atoms with Gasteiger partial charge < -0.3 is 20.9 Å². The summed E-state index contributed by atoms with van der Waals surface area (Å²) in [5, 5.41) is 9.46. The summed E-state index contributed by atoms with van der Waals surface area (Å²) in [5.41, 5.74) is 3.79. The predicted octanol–water partition coefficient (Wildman–Crippen LogP) is 4.85. The largest absolute Gasteiger partial charge is 0.350 e. The Morgan fingerprint density at radius 1 is 1.08 bits per heavy atom. The van der Waals surface area contributed by atoms with E-state index in [-0.39, 0.29) is 18.8 Å². The normalized spacial score (nSPS) is 15.4. The van der Waals surface area contributed by atoms with Crippen LogP contribution in [0, 0.1) is 0 Å². The molecule has 9 heteroatoms. The van der Waals surface area contributed by atoms with Crippen LogP contribution < -0.4 is 16.0 Å². The van der Waals surface area contributed by atoms with Gasteiger partial charge in [-0.15, -0.1) is 0 Å². The van der Waals surface area contributed by atoms with Crippen molar-refractivity contribution >= 4 is 29.2 Å². The quantitative estimate of drug-likeness (QED) is 0.419. The number of nitrogens with one attached hydrogen (secondary N) is 3. The molecule has 0 aliphatic heterocycles. The van der Waals surface area contributed by atoms with Gasteiger partial charge in [-0.3, -0.25) is 4.79 Å². The number of aromatic nitrogens is 4. The molecule has 0 bridgehead atoms. The molecule has 4 rings (SSSR count). The first kappa shape index (κ1) is 26.5. The monoisotopic (exact) mass is 504 g/mol. The number of carbonyl (C=O) groups is 1. The van der Waals surface area contributed by atoms with Gasteiger partial charge in [-0.2, -0.15) is 4.98 Å². The maximum Gasteiger partial charge on any atom is 0.256 e. The topological polar surface area (TPSA) is 108 Å². The van der Waals surface area contributed by atoms with E-state index in [1.807, 2.05) is 13.8 Å². The maximum atomic E-state index is 12.9. The van der Waals surface area contributed by atoms with Crippen LogP contribution in [0.2, 0.25) is 0 Å². The van der Waals surface area contributed by atoms with Gasteiger partial charge in [0, 0.05) is 37.0 Å². The highest BCUT2D eigenvalue weighted by Gasteiger charge is 2.22. The van der Waals surface area contributed by atoms with Gasteiger partial charge in [-0.25, -0.2) is 15.0 Å². The van der Waals surface area contributed by atoms with Crippen molar-refractivity contribution in [1.29, 1.82) is 0 Å². The third-order valence-corrected chi connectivity index (χ3v) is 6.42. The molecule has 1 amide bonds. The second-order valence-electron chi connectivity index (χ2n) is 11.2. The number of fused-ring (bicyclic) bond motifs is 1. The first-order valence-electron chi connectivity index (χ1n) is 12.8. The van der Waals surface area contributed by atoms with Crippen molar-refractivity contribution in [1.82, 2.24) is 30.2 Å². The van der Waals surface area contributed by atoms with Crippen molar-refractivity contribution in [3.8, 4) is 0 Å². The standard InChI is InChI=1S/C28H38N8O.H2/c1-17(2)31-25(37)22-16-30-27(35-24(22)33-23-12-13-29-26(34-23)28(3,4)5)32-20-10-8-19-15-21(36(6)7)11-9-18(19)14-20;/h8,10,12-14,16-17,21H,9,11,15H2,1-7H3,(H,31,37)(H2,29,30,32,33,34,35);1H. The second-order valence-corrected chi connectivity index (χ2v) is 11.2. The van der Waals surface area contributed by atoms with Crippen molar-refractivity contribution < 1.29 is 6.22 Å². The fraction of sp³-hybridized carbons (Fsp3) is 0.464. The zero-order chi connectivity index (χ0) is 26.7. The number of hydrogen-bond acceptors (Lipinski definition) is 8. The number of amides is 1. The lowest BCUT2D eigenvalue weighted by Crippen LogP contribution is -2.33. The van der Waals surface area contributed by atoms with E-state index < -0.39 is 0 Å². The van der Waals surface area contributed by atoms with E-state index >= 15 is 0 Å². The van der Waals surface area contributed by atoms with Crippen molar-refractivity contribution in [2.45, 2.75) is 71.4 Å². The molecule has 1 unspecified atom stereocenters. The van der Waals surface area contributed by atoms with Crippen LogP contribution in [0.1, 0.15) is 69.8 Å². The lowest BCUT2D eigenvalue weighted by molar-refractivity contribution is 0.0943. The summed E-state index contributed by atoms with van der Waals surface area (Å²) in [5.74, 6) is 1.78. The van der Waals surface area contributed by atoms with Crippen molar-refractivity contribution in [3.63, 3.8) is 0 Å². The first-order chi connectivity index (χ1) is 17.5. The SMILES string of the molecule is CC(C)NC(=O)c1cnc(Nc2ccc3c(c2)CCC(N(C)C)C3)nc1Nc1ccnc(C(C)(C)C)n1.[HH]. The van der Waals surface area contributed by atoms with Gasteiger partial charge in [0.1, 0.15) is 23.0 Å². The number of nitrogens with zero attached hydrogens (tertiary/aromatic N) is 5. The zero-order valence-corrected chi connectivity index (χ0v) is 22.9. The minimum absolute atomic E-state index is 0. The third kappa shape index (κ3) is 6.60. The fourth-order valence-corrected chi connectivity index (χ4v) is 4.34. The van der Waals surface area contributed by atoms with Gasteiger partial charge in [0.25, 0.3) is 5.91 Å². The zero-order valence-electron chi connectivity index (χ0n) is 22.9. The number of anilines is 4. The Kier molecular flexibility index (Phi) is 7.73.